The summed E-state index contributed by atoms with van der Waals surface area (Å²) in [7, 11) is -3.59. The molecular formula is C25H31N5O4S. The normalized spacial score (nSPS) is 21.8. The van der Waals surface area contributed by atoms with Gasteiger partial charge in [0.15, 0.2) is 0 Å². The molecule has 3 aliphatic rings. The van der Waals surface area contributed by atoms with Crippen LogP contribution in [0.1, 0.15) is 60.1 Å². The molecule has 1 saturated carbocycles. The molecule has 186 valence electrons. The molecule has 2 aliphatic heterocycles. The zero-order valence-electron chi connectivity index (χ0n) is 19.7. The second-order valence-corrected chi connectivity index (χ2v) is 11.2. The average molecular weight is 498 g/mol. The molecule has 0 unspecified atom stereocenters. The van der Waals surface area contributed by atoms with Gasteiger partial charge in [0.1, 0.15) is 23.1 Å². The molecule has 2 aromatic rings. The maximum absolute atomic E-state index is 12.7. The van der Waals surface area contributed by atoms with Gasteiger partial charge in [-0.2, -0.15) is 0 Å². The number of nitrogens with two attached hydrogens (primary N) is 1. The van der Waals surface area contributed by atoms with Gasteiger partial charge in [-0.3, -0.25) is 4.79 Å². The van der Waals surface area contributed by atoms with Gasteiger partial charge >= 0.3 is 0 Å². The smallest absolute Gasteiger partial charge is 0.270 e. The Labute approximate surface area is 205 Å². The Bertz CT molecular complexity index is 1240. The number of aromatic nitrogens is 1. The van der Waals surface area contributed by atoms with Crippen molar-refractivity contribution in [1.82, 2.24) is 10.3 Å². The minimum atomic E-state index is -3.59. The number of carbonyl (C=O) groups excluding carboxylic acids is 1. The predicted molar refractivity (Wildman–Crippen MR) is 134 cm³/mol. The molecule has 1 saturated heterocycles. The Balaban J connectivity index is 1.24. The number of hydrogen-bond acceptors (Lipinski definition) is 7. The zero-order valence-corrected chi connectivity index (χ0v) is 20.5. The number of amidine groups is 1. The summed E-state index contributed by atoms with van der Waals surface area (Å²) in [5.41, 5.74) is 7.59. The van der Waals surface area contributed by atoms with E-state index in [2.05, 4.69) is 19.6 Å². The Morgan fingerprint density at radius 1 is 1.11 bits per heavy atom. The first-order valence-electron chi connectivity index (χ1n) is 12.2. The number of piperidine rings is 1. The van der Waals surface area contributed by atoms with Gasteiger partial charge < -0.3 is 20.7 Å². The lowest BCUT2D eigenvalue weighted by molar-refractivity contribution is 0.0933. The number of amides is 1. The summed E-state index contributed by atoms with van der Waals surface area (Å²) < 4.78 is 33.6. The highest BCUT2D eigenvalue weighted by Crippen LogP contribution is 2.29. The highest BCUT2D eigenvalue weighted by Gasteiger charge is 2.27. The number of benzene rings is 1. The first-order valence-corrected chi connectivity index (χ1v) is 13.8. The van der Waals surface area contributed by atoms with Crippen molar-refractivity contribution in [3.05, 3.63) is 53.2 Å². The van der Waals surface area contributed by atoms with Crippen molar-refractivity contribution in [1.29, 1.82) is 0 Å². The minimum absolute atomic E-state index is 0.0241. The summed E-state index contributed by atoms with van der Waals surface area (Å²) >= 11 is 0. The number of anilines is 1. The van der Waals surface area contributed by atoms with Crippen molar-refractivity contribution in [3.8, 4) is 5.75 Å². The van der Waals surface area contributed by atoms with E-state index in [1.54, 1.807) is 24.3 Å². The van der Waals surface area contributed by atoms with E-state index >= 15 is 0 Å². The number of hydrogen-bond donors (Lipinski definition) is 2. The summed E-state index contributed by atoms with van der Waals surface area (Å²) in [6, 6.07) is 11.2. The lowest BCUT2D eigenvalue weighted by Gasteiger charge is -2.33. The molecule has 0 bridgehead atoms. The molecule has 0 spiro atoms. The predicted octanol–water partition coefficient (Wildman–Crippen LogP) is 2.60. The second kappa shape index (κ2) is 9.85. The molecule has 1 atom stereocenters. The summed E-state index contributed by atoms with van der Waals surface area (Å²) in [6.07, 6.45) is 6.41. The Morgan fingerprint density at radius 3 is 2.74 bits per heavy atom. The van der Waals surface area contributed by atoms with Crippen LogP contribution < -0.4 is 20.7 Å². The van der Waals surface area contributed by atoms with Gasteiger partial charge in [-0.25, -0.2) is 13.4 Å². The van der Waals surface area contributed by atoms with E-state index in [0.717, 1.165) is 44.6 Å². The SMILES string of the molecule is NC1=NS(=O)(=O)Cc2cccc(OC[C@H]3CCCN(c4cccc(C(=O)NC5CCCC5)n4)C3)c21. The molecule has 3 N–H and O–H groups in total. The number of ether oxygens (including phenoxy) is 1. The van der Waals surface area contributed by atoms with Gasteiger partial charge in [0.05, 0.1) is 17.9 Å². The van der Waals surface area contributed by atoms with Crippen LogP contribution in [0, 0.1) is 5.92 Å². The summed E-state index contributed by atoms with van der Waals surface area (Å²) in [4.78, 5) is 19.5. The van der Waals surface area contributed by atoms with Crippen LogP contribution >= 0.6 is 0 Å². The van der Waals surface area contributed by atoms with Crippen LogP contribution in [-0.2, 0) is 15.8 Å². The molecule has 1 amide bonds. The van der Waals surface area contributed by atoms with Gasteiger partial charge in [-0.05, 0) is 49.4 Å². The number of nitrogens with zero attached hydrogens (tertiary/aromatic N) is 3. The molecule has 35 heavy (non-hydrogen) atoms. The molecule has 10 heteroatoms. The molecule has 5 rings (SSSR count). The molecule has 1 aliphatic carbocycles. The zero-order chi connectivity index (χ0) is 24.4. The van der Waals surface area contributed by atoms with Crippen LogP contribution in [-0.4, -0.2) is 50.9 Å². The fraction of sp³-hybridized carbons (Fsp3) is 0.480. The van der Waals surface area contributed by atoms with E-state index in [1.165, 1.54) is 12.8 Å². The van der Waals surface area contributed by atoms with Gasteiger partial charge in [0.2, 0.25) is 0 Å². The average Bonchev–Trinajstić information content (AvgIpc) is 3.35. The van der Waals surface area contributed by atoms with Crippen molar-refractivity contribution in [2.75, 3.05) is 24.6 Å². The van der Waals surface area contributed by atoms with Crippen LogP contribution in [0.4, 0.5) is 5.82 Å². The van der Waals surface area contributed by atoms with Gasteiger partial charge in [-0.1, -0.05) is 31.0 Å². The largest absolute Gasteiger partial charge is 0.492 e. The van der Waals surface area contributed by atoms with Crippen LogP contribution in [0.15, 0.2) is 40.8 Å². The van der Waals surface area contributed by atoms with Crippen LogP contribution in [0.5, 0.6) is 5.75 Å². The number of nitrogens with one attached hydrogen (secondary N) is 1. The van der Waals surface area contributed by atoms with E-state index in [1.807, 2.05) is 12.1 Å². The number of carbonyl (C=O) groups is 1. The monoisotopic (exact) mass is 497 g/mol. The third-order valence-electron chi connectivity index (χ3n) is 6.92. The molecule has 9 nitrogen and oxygen atoms in total. The van der Waals surface area contributed by atoms with Crippen molar-refractivity contribution >= 4 is 27.6 Å². The molecule has 1 aromatic heterocycles. The van der Waals surface area contributed by atoms with E-state index < -0.39 is 10.0 Å². The fourth-order valence-corrected chi connectivity index (χ4v) is 6.29. The quantitative estimate of drug-likeness (QED) is 0.628. The number of fused-ring (bicyclic) bond motifs is 1. The Hall–Kier alpha value is -3.14. The van der Waals surface area contributed by atoms with Crippen molar-refractivity contribution in [2.24, 2.45) is 16.0 Å². The number of sulfonamides is 1. The highest BCUT2D eigenvalue weighted by molar-refractivity contribution is 7.89. The Kier molecular flexibility index (Phi) is 6.64. The van der Waals surface area contributed by atoms with Gasteiger partial charge in [0.25, 0.3) is 15.9 Å². The van der Waals surface area contributed by atoms with Gasteiger partial charge in [-0.15, -0.1) is 4.40 Å². The molecular weight excluding hydrogens is 466 g/mol. The van der Waals surface area contributed by atoms with Crippen molar-refractivity contribution in [3.63, 3.8) is 0 Å². The number of rotatable bonds is 6. The first kappa shape index (κ1) is 23.6. The van der Waals surface area contributed by atoms with E-state index in [-0.39, 0.29) is 29.5 Å². The van der Waals surface area contributed by atoms with Crippen LogP contribution in [0.3, 0.4) is 0 Å². The lowest BCUT2D eigenvalue weighted by atomic mass is 9.98. The summed E-state index contributed by atoms with van der Waals surface area (Å²) in [5, 5.41) is 3.11. The van der Waals surface area contributed by atoms with Gasteiger partial charge in [0, 0.05) is 25.0 Å². The lowest BCUT2D eigenvalue weighted by Crippen LogP contribution is -2.39. The third kappa shape index (κ3) is 5.42. The minimum Gasteiger partial charge on any atom is -0.492 e. The number of pyridine rings is 1. The van der Waals surface area contributed by atoms with E-state index in [0.29, 0.717) is 29.2 Å². The topological polar surface area (TPSA) is 127 Å². The van der Waals surface area contributed by atoms with Crippen LogP contribution in [0.25, 0.3) is 0 Å². The summed E-state index contributed by atoms with van der Waals surface area (Å²) in [5.74, 6) is 1.30. The van der Waals surface area contributed by atoms with Crippen molar-refractivity contribution in [2.45, 2.75) is 50.3 Å². The Morgan fingerprint density at radius 2 is 1.91 bits per heavy atom. The maximum atomic E-state index is 12.7. The molecule has 3 heterocycles. The molecule has 0 radical (unpaired) electrons. The van der Waals surface area contributed by atoms with Crippen molar-refractivity contribution < 1.29 is 17.9 Å². The van der Waals surface area contributed by atoms with E-state index in [4.69, 9.17) is 10.5 Å². The molecule has 1 aromatic carbocycles. The highest BCUT2D eigenvalue weighted by atomic mass is 32.2. The molecule has 2 fully saturated rings. The first-order chi connectivity index (χ1) is 16.9. The summed E-state index contributed by atoms with van der Waals surface area (Å²) in [6.45, 7) is 2.10. The maximum Gasteiger partial charge on any atom is 0.270 e. The second-order valence-electron chi connectivity index (χ2n) is 9.59. The fourth-order valence-electron chi connectivity index (χ4n) is 5.20. The third-order valence-corrected chi connectivity index (χ3v) is 8.07. The standard InChI is InChI=1S/C25H31N5O4S/c26-24-23-18(16-35(32,33)29-24)7-3-11-21(23)34-15-17-6-5-13-30(14-17)22-12-4-10-20(28-22)25(31)27-19-8-1-2-9-19/h3-4,7,10-12,17,19H,1-2,5-6,8-9,13-16H2,(H2,26,29)(H,27,31)/t17-/m0/s1. The van der Waals surface area contributed by atoms with E-state index in [9.17, 15) is 13.2 Å². The van der Waals surface area contributed by atoms with Crippen LogP contribution in [0.2, 0.25) is 0 Å².